The number of amides is 1. The van der Waals surface area contributed by atoms with E-state index in [0.717, 1.165) is 27.7 Å². The maximum atomic E-state index is 12.4. The molecule has 6 nitrogen and oxygen atoms in total. The summed E-state index contributed by atoms with van der Waals surface area (Å²) in [5.41, 5.74) is 3.06. The van der Waals surface area contributed by atoms with E-state index in [-0.39, 0.29) is 5.91 Å². The Morgan fingerprint density at radius 1 is 1.41 bits per heavy atom. The Labute approximate surface area is 131 Å². The van der Waals surface area contributed by atoms with Gasteiger partial charge in [-0.2, -0.15) is 0 Å². The first kappa shape index (κ1) is 14.5. The van der Waals surface area contributed by atoms with Crippen LogP contribution in [0, 0.1) is 13.8 Å². The Morgan fingerprint density at radius 3 is 2.86 bits per heavy atom. The first-order valence-corrected chi connectivity index (χ1v) is 7.69. The van der Waals surface area contributed by atoms with Crippen LogP contribution in [0.1, 0.15) is 27.0 Å². The van der Waals surface area contributed by atoms with Crippen molar-refractivity contribution >= 4 is 17.2 Å². The van der Waals surface area contributed by atoms with Crippen LogP contribution in [0.15, 0.2) is 28.2 Å². The van der Waals surface area contributed by atoms with Gasteiger partial charge in [-0.05, 0) is 19.9 Å². The minimum absolute atomic E-state index is 0.0983. The van der Waals surface area contributed by atoms with Crippen molar-refractivity contribution in [2.24, 2.45) is 0 Å². The summed E-state index contributed by atoms with van der Waals surface area (Å²) in [4.78, 5) is 21.5. The van der Waals surface area contributed by atoms with E-state index in [9.17, 15) is 4.79 Å². The molecule has 0 spiro atoms. The van der Waals surface area contributed by atoms with Crippen molar-refractivity contribution in [1.29, 1.82) is 0 Å². The third-order valence-electron chi connectivity index (χ3n) is 3.25. The second-order valence-corrected chi connectivity index (χ2v) is 6.21. The standard InChI is InChI=1S/C15H16N4O2S/c1-9-4-12(18-21-9)7-19(3)15(20)13-5-11(6-16-13)14-8-22-10(2)17-14/h4-6,8,16H,7H2,1-3H3. The summed E-state index contributed by atoms with van der Waals surface area (Å²) in [7, 11) is 1.74. The Morgan fingerprint density at radius 2 is 2.23 bits per heavy atom. The number of aromatic nitrogens is 3. The summed E-state index contributed by atoms with van der Waals surface area (Å²) < 4.78 is 5.01. The van der Waals surface area contributed by atoms with Crippen molar-refractivity contribution < 1.29 is 9.32 Å². The molecule has 0 aliphatic heterocycles. The van der Waals surface area contributed by atoms with Gasteiger partial charge in [-0.25, -0.2) is 4.98 Å². The molecule has 0 saturated carbocycles. The van der Waals surface area contributed by atoms with E-state index >= 15 is 0 Å². The highest BCUT2D eigenvalue weighted by molar-refractivity contribution is 7.09. The molecule has 0 aromatic carbocycles. The maximum absolute atomic E-state index is 12.4. The highest BCUT2D eigenvalue weighted by Crippen LogP contribution is 2.22. The Bertz CT molecular complexity index is 802. The number of carbonyl (C=O) groups is 1. The molecular formula is C15H16N4O2S. The summed E-state index contributed by atoms with van der Waals surface area (Å²) in [5, 5.41) is 6.88. The quantitative estimate of drug-likeness (QED) is 0.803. The molecule has 1 N–H and O–H groups in total. The highest BCUT2D eigenvalue weighted by atomic mass is 32.1. The molecule has 0 saturated heterocycles. The molecule has 0 aliphatic carbocycles. The first-order valence-electron chi connectivity index (χ1n) is 6.81. The lowest BCUT2D eigenvalue weighted by Crippen LogP contribution is -2.26. The number of hydrogen-bond acceptors (Lipinski definition) is 5. The number of aromatic amines is 1. The van der Waals surface area contributed by atoms with Gasteiger partial charge in [0.05, 0.1) is 17.2 Å². The topological polar surface area (TPSA) is 75.0 Å². The maximum Gasteiger partial charge on any atom is 0.270 e. The minimum atomic E-state index is -0.0983. The van der Waals surface area contributed by atoms with E-state index in [1.54, 1.807) is 29.5 Å². The molecular weight excluding hydrogens is 300 g/mol. The zero-order valence-electron chi connectivity index (χ0n) is 12.6. The summed E-state index contributed by atoms with van der Waals surface area (Å²) in [6.45, 7) is 4.19. The van der Waals surface area contributed by atoms with Crippen molar-refractivity contribution in [3.05, 3.63) is 45.9 Å². The number of aryl methyl sites for hydroxylation is 2. The van der Waals surface area contributed by atoms with Gasteiger partial charge in [0.2, 0.25) is 0 Å². The monoisotopic (exact) mass is 316 g/mol. The number of nitrogens with one attached hydrogen (secondary N) is 1. The molecule has 7 heteroatoms. The zero-order valence-corrected chi connectivity index (χ0v) is 13.4. The van der Waals surface area contributed by atoms with E-state index in [2.05, 4.69) is 15.1 Å². The van der Waals surface area contributed by atoms with Crippen LogP contribution in [0.25, 0.3) is 11.3 Å². The van der Waals surface area contributed by atoms with Gasteiger partial charge in [0.1, 0.15) is 17.1 Å². The molecule has 22 heavy (non-hydrogen) atoms. The van der Waals surface area contributed by atoms with E-state index in [1.807, 2.05) is 31.4 Å². The molecule has 0 unspecified atom stereocenters. The van der Waals surface area contributed by atoms with Gasteiger partial charge in [0.15, 0.2) is 0 Å². The van der Waals surface area contributed by atoms with E-state index in [1.165, 1.54) is 0 Å². The van der Waals surface area contributed by atoms with Gasteiger partial charge >= 0.3 is 0 Å². The largest absolute Gasteiger partial charge is 0.361 e. The van der Waals surface area contributed by atoms with Crippen molar-refractivity contribution in [1.82, 2.24) is 20.0 Å². The van der Waals surface area contributed by atoms with Crippen LogP contribution < -0.4 is 0 Å². The molecule has 0 fully saturated rings. The van der Waals surface area contributed by atoms with Gasteiger partial charge in [-0.15, -0.1) is 11.3 Å². The lowest BCUT2D eigenvalue weighted by atomic mass is 10.2. The van der Waals surface area contributed by atoms with E-state index in [0.29, 0.717) is 12.2 Å². The molecule has 3 rings (SSSR count). The molecule has 0 radical (unpaired) electrons. The van der Waals surface area contributed by atoms with Crippen LogP contribution in [-0.4, -0.2) is 33.0 Å². The first-order chi connectivity index (χ1) is 10.5. The van der Waals surface area contributed by atoms with Crippen molar-refractivity contribution in [3.8, 4) is 11.3 Å². The highest BCUT2D eigenvalue weighted by Gasteiger charge is 2.16. The van der Waals surface area contributed by atoms with Gasteiger partial charge < -0.3 is 14.4 Å². The fraction of sp³-hybridized carbons (Fsp3) is 0.267. The number of nitrogens with zero attached hydrogens (tertiary/aromatic N) is 3. The lowest BCUT2D eigenvalue weighted by molar-refractivity contribution is 0.0777. The third kappa shape index (κ3) is 2.94. The van der Waals surface area contributed by atoms with Crippen LogP contribution in [0.5, 0.6) is 0 Å². The Kier molecular flexibility index (Phi) is 3.81. The lowest BCUT2D eigenvalue weighted by Gasteiger charge is -2.14. The van der Waals surface area contributed by atoms with Crippen LogP contribution in [-0.2, 0) is 6.54 Å². The zero-order chi connectivity index (χ0) is 15.7. The van der Waals surface area contributed by atoms with Crippen molar-refractivity contribution in [3.63, 3.8) is 0 Å². The van der Waals surface area contributed by atoms with E-state index < -0.39 is 0 Å². The Hall–Kier alpha value is -2.41. The molecule has 0 aliphatic rings. The van der Waals surface area contributed by atoms with Crippen LogP contribution in [0.4, 0.5) is 0 Å². The molecule has 0 bridgehead atoms. The summed E-state index contributed by atoms with van der Waals surface area (Å²) in [5.74, 6) is 0.635. The normalized spacial score (nSPS) is 10.9. The van der Waals surface area contributed by atoms with E-state index in [4.69, 9.17) is 4.52 Å². The summed E-state index contributed by atoms with van der Waals surface area (Å²) in [6.07, 6.45) is 1.80. The molecule has 3 heterocycles. The predicted molar refractivity (Wildman–Crippen MR) is 83.7 cm³/mol. The average molecular weight is 316 g/mol. The van der Waals surface area contributed by atoms with Crippen LogP contribution in [0.2, 0.25) is 0 Å². The van der Waals surface area contributed by atoms with Gasteiger partial charge in [0.25, 0.3) is 5.91 Å². The fourth-order valence-electron chi connectivity index (χ4n) is 2.17. The van der Waals surface area contributed by atoms with Gasteiger partial charge in [-0.1, -0.05) is 5.16 Å². The second kappa shape index (κ2) is 5.76. The second-order valence-electron chi connectivity index (χ2n) is 5.14. The number of H-pyrrole nitrogens is 1. The van der Waals surface area contributed by atoms with Gasteiger partial charge in [0, 0.05) is 30.3 Å². The van der Waals surface area contributed by atoms with Crippen LogP contribution >= 0.6 is 11.3 Å². The fourth-order valence-corrected chi connectivity index (χ4v) is 2.80. The molecule has 3 aromatic rings. The van der Waals surface area contributed by atoms with Gasteiger partial charge in [-0.3, -0.25) is 4.79 Å². The molecule has 114 valence electrons. The number of thiazole rings is 1. The molecule has 1 amide bonds. The SMILES string of the molecule is Cc1cc(CN(C)C(=O)c2cc(-c3csc(C)n3)c[nH]2)no1. The number of rotatable bonds is 4. The van der Waals surface area contributed by atoms with Crippen LogP contribution in [0.3, 0.4) is 0 Å². The average Bonchev–Trinajstić information content (AvgIpc) is 3.19. The number of hydrogen-bond donors (Lipinski definition) is 1. The Balaban J connectivity index is 1.73. The third-order valence-corrected chi connectivity index (χ3v) is 4.02. The predicted octanol–water partition coefficient (Wildman–Crippen LogP) is 3.02. The van der Waals surface area contributed by atoms with Crippen molar-refractivity contribution in [2.45, 2.75) is 20.4 Å². The minimum Gasteiger partial charge on any atom is -0.361 e. The number of carbonyl (C=O) groups excluding carboxylic acids is 1. The summed E-state index contributed by atoms with van der Waals surface area (Å²) in [6, 6.07) is 3.64. The summed E-state index contributed by atoms with van der Waals surface area (Å²) >= 11 is 1.59. The molecule has 0 atom stereocenters. The van der Waals surface area contributed by atoms with Crippen molar-refractivity contribution in [2.75, 3.05) is 7.05 Å². The smallest absolute Gasteiger partial charge is 0.270 e. The molecule has 3 aromatic heterocycles.